The van der Waals surface area contributed by atoms with Crippen LogP contribution in [0.5, 0.6) is 0 Å². The SMILES string of the molecule is CN=C(NCCC1CCCC(C)C1)N1CCN(C(=O)C2CCCO2)CC1.I. The summed E-state index contributed by atoms with van der Waals surface area (Å²) >= 11 is 0. The lowest BCUT2D eigenvalue weighted by Gasteiger charge is -2.37. The van der Waals surface area contributed by atoms with Crippen molar-refractivity contribution in [3.05, 3.63) is 0 Å². The molecule has 2 aliphatic heterocycles. The molecule has 1 saturated carbocycles. The summed E-state index contributed by atoms with van der Waals surface area (Å²) in [5.74, 6) is 2.92. The maximum atomic E-state index is 12.5. The number of amides is 1. The Hall–Kier alpha value is -0.570. The Labute approximate surface area is 181 Å². The predicted molar refractivity (Wildman–Crippen MR) is 120 cm³/mol. The summed E-state index contributed by atoms with van der Waals surface area (Å²) in [4.78, 5) is 21.2. The Morgan fingerprint density at radius 1 is 1.11 bits per heavy atom. The van der Waals surface area contributed by atoms with E-state index in [1.165, 1.54) is 32.1 Å². The molecule has 3 atom stereocenters. The number of halogens is 1. The lowest BCUT2D eigenvalue weighted by atomic mass is 9.81. The molecule has 2 saturated heterocycles. The highest BCUT2D eigenvalue weighted by Gasteiger charge is 2.31. The number of aliphatic imine (C=N–C) groups is 1. The van der Waals surface area contributed by atoms with E-state index in [4.69, 9.17) is 4.74 Å². The van der Waals surface area contributed by atoms with Crippen molar-refractivity contribution < 1.29 is 9.53 Å². The summed E-state index contributed by atoms with van der Waals surface area (Å²) in [5.41, 5.74) is 0. The van der Waals surface area contributed by atoms with Crippen LogP contribution >= 0.6 is 24.0 Å². The number of hydrogen-bond donors (Lipinski definition) is 1. The van der Waals surface area contributed by atoms with Crippen LogP contribution in [0.3, 0.4) is 0 Å². The number of nitrogens with one attached hydrogen (secondary N) is 1. The van der Waals surface area contributed by atoms with Crippen molar-refractivity contribution >= 4 is 35.8 Å². The number of ether oxygens (including phenoxy) is 1. The first-order valence-electron chi connectivity index (χ1n) is 10.5. The van der Waals surface area contributed by atoms with E-state index in [1.807, 2.05) is 11.9 Å². The predicted octanol–water partition coefficient (Wildman–Crippen LogP) is 2.72. The zero-order valence-electron chi connectivity index (χ0n) is 17.0. The average Bonchev–Trinajstić information content (AvgIpc) is 3.20. The van der Waals surface area contributed by atoms with E-state index in [0.29, 0.717) is 0 Å². The molecule has 0 bridgehead atoms. The number of carbonyl (C=O) groups excluding carboxylic acids is 1. The second-order valence-corrected chi connectivity index (χ2v) is 8.21. The Balaban J connectivity index is 0.00000261. The molecule has 2 heterocycles. The number of hydrogen-bond acceptors (Lipinski definition) is 3. The van der Waals surface area contributed by atoms with E-state index >= 15 is 0 Å². The monoisotopic (exact) mass is 492 g/mol. The summed E-state index contributed by atoms with van der Waals surface area (Å²) in [5, 5.41) is 3.55. The second kappa shape index (κ2) is 11.4. The summed E-state index contributed by atoms with van der Waals surface area (Å²) < 4.78 is 5.54. The van der Waals surface area contributed by atoms with Gasteiger partial charge in [0, 0.05) is 46.4 Å². The average molecular weight is 492 g/mol. The van der Waals surface area contributed by atoms with E-state index in [1.54, 1.807) is 0 Å². The molecule has 1 amide bonds. The highest BCUT2D eigenvalue weighted by atomic mass is 127. The van der Waals surface area contributed by atoms with Crippen LogP contribution in [-0.4, -0.2) is 74.1 Å². The molecule has 0 aromatic heterocycles. The van der Waals surface area contributed by atoms with Gasteiger partial charge in [0.05, 0.1) is 0 Å². The minimum Gasteiger partial charge on any atom is -0.368 e. The van der Waals surface area contributed by atoms with Crippen molar-refractivity contribution in [1.29, 1.82) is 0 Å². The van der Waals surface area contributed by atoms with Gasteiger partial charge in [0.1, 0.15) is 6.10 Å². The maximum absolute atomic E-state index is 12.5. The van der Waals surface area contributed by atoms with Crippen molar-refractivity contribution in [3.8, 4) is 0 Å². The minimum absolute atomic E-state index is 0. The van der Waals surface area contributed by atoms with Crippen molar-refractivity contribution in [2.75, 3.05) is 46.4 Å². The molecule has 0 aromatic rings. The third-order valence-electron chi connectivity index (χ3n) is 6.19. The van der Waals surface area contributed by atoms with Crippen molar-refractivity contribution in [3.63, 3.8) is 0 Å². The van der Waals surface area contributed by atoms with Gasteiger partial charge in [-0.15, -0.1) is 24.0 Å². The second-order valence-electron chi connectivity index (χ2n) is 8.21. The number of piperazine rings is 1. The minimum atomic E-state index is -0.197. The van der Waals surface area contributed by atoms with Gasteiger partial charge in [0.2, 0.25) is 0 Å². The lowest BCUT2D eigenvalue weighted by molar-refractivity contribution is -0.142. The van der Waals surface area contributed by atoms with Gasteiger partial charge in [-0.3, -0.25) is 9.79 Å². The van der Waals surface area contributed by atoms with Crippen LogP contribution in [0.25, 0.3) is 0 Å². The highest BCUT2D eigenvalue weighted by molar-refractivity contribution is 14.0. The van der Waals surface area contributed by atoms with Crippen LogP contribution in [0.4, 0.5) is 0 Å². The molecule has 0 aromatic carbocycles. The van der Waals surface area contributed by atoms with Crippen molar-refractivity contribution in [2.24, 2.45) is 16.8 Å². The molecular formula is C20H37IN4O2. The molecule has 0 radical (unpaired) electrons. The molecular weight excluding hydrogens is 455 g/mol. The normalized spacial score (nSPS) is 29.4. The molecule has 3 rings (SSSR count). The van der Waals surface area contributed by atoms with Gasteiger partial charge in [-0.2, -0.15) is 0 Å². The first kappa shape index (κ1) is 22.7. The first-order valence-corrected chi connectivity index (χ1v) is 10.5. The Morgan fingerprint density at radius 2 is 1.85 bits per heavy atom. The van der Waals surface area contributed by atoms with Gasteiger partial charge in [0.15, 0.2) is 5.96 Å². The van der Waals surface area contributed by atoms with Crippen LogP contribution in [0.1, 0.15) is 51.9 Å². The molecule has 3 aliphatic rings. The molecule has 1 N–H and O–H groups in total. The van der Waals surface area contributed by atoms with Crippen LogP contribution in [0.15, 0.2) is 4.99 Å². The van der Waals surface area contributed by atoms with Crippen molar-refractivity contribution in [1.82, 2.24) is 15.1 Å². The zero-order valence-corrected chi connectivity index (χ0v) is 19.3. The third-order valence-corrected chi connectivity index (χ3v) is 6.19. The van der Waals surface area contributed by atoms with E-state index in [2.05, 4.69) is 22.1 Å². The number of carbonyl (C=O) groups is 1. The van der Waals surface area contributed by atoms with E-state index in [0.717, 1.165) is 70.0 Å². The van der Waals surface area contributed by atoms with Crippen molar-refractivity contribution in [2.45, 2.75) is 58.0 Å². The van der Waals surface area contributed by atoms with E-state index < -0.39 is 0 Å². The fourth-order valence-corrected chi connectivity index (χ4v) is 4.66. The molecule has 156 valence electrons. The zero-order chi connectivity index (χ0) is 18.4. The lowest BCUT2D eigenvalue weighted by Crippen LogP contribution is -2.55. The quantitative estimate of drug-likeness (QED) is 0.373. The van der Waals surface area contributed by atoms with Gasteiger partial charge in [-0.25, -0.2) is 0 Å². The van der Waals surface area contributed by atoms with Gasteiger partial charge in [0.25, 0.3) is 5.91 Å². The molecule has 27 heavy (non-hydrogen) atoms. The standard InChI is InChI=1S/C20H36N4O2.HI/c1-16-5-3-6-17(15-16)8-9-22-20(21-2)24-12-10-23(11-13-24)19(25)18-7-4-14-26-18;/h16-18H,3-15H2,1-2H3,(H,21,22);1H. The van der Waals surface area contributed by atoms with Gasteiger partial charge in [-0.1, -0.05) is 26.2 Å². The molecule has 3 unspecified atom stereocenters. The summed E-state index contributed by atoms with van der Waals surface area (Å²) in [6.07, 6.45) is 8.48. The van der Waals surface area contributed by atoms with E-state index in [9.17, 15) is 4.79 Å². The first-order chi connectivity index (χ1) is 12.7. The summed E-state index contributed by atoms with van der Waals surface area (Å²) in [6, 6.07) is 0. The fourth-order valence-electron chi connectivity index (χ4n) is 4.66. The van der Waals surface area contributed by atoms with Gasteiger partial charge >= 0.3 is 0 Å². The number of rotatable bonds is 4. The highest BCUT2D eigenvalue weighted by Crippen LogP contribution is 2.30. The summed E-state index contributed by atoms with van der Waals surface area (Å²) in [6.45, 7) is 7.33. The molecule has 7 heteroatoms. The molecule has 6 nitrogen and oxygen atoms in total. The summed E-state index contributed by atoms with van der Waals surface area (Å²) in [7, 11) is 1.86. The Kier molecular flexibility index (Phi) is 9.62. The smallest absolute Gasteiger partial charge is 0.251 e. The Morgan fingerprint density at radius 3 is 2.48 bits per heavy atom. The maximum Gasteiger partial charge on any atom is 0.251 e. The molecule has 3 fully saturated rings. The third kappa shape index (κ3) is 6.48. The fraction of sp³-hybridized carbons (Fsp3) is 0.900. The van der Waals surface area contributed by atoms with Crippen LogP contribution in [0.2, 0.25) is 0 Å². The van der Waals surface area contributed by atoms with Crippen LogP contribution in [-0.2, 0) is 9.53 Å². The largest absolute Gasteiger partial charge is 0.368 e. The number of guanidine groups is 1. The van der Waals surface area contributed by atoms with E-state index in [-0.39, 0.29) is 36.0 Å². The van der Waals surface area contributed by atoms with Gasteiger partial charge < -0.3 is 19.9 Å². The Bertz CT molecular complexity index is 488. The van der Waals surface area contributed by atoms with Crippen LogP contribution < -0.4 is 5.32 Å². The molecule has 1 aliphatic carbocycles. The topological polar surface area (TPSA) is 57.2 Å². The molecule has 0 spiro atoms. The van der Waals surface area contributed by atoms with Gasteiger partial charge in [-0.05, 0) is 37.5 Å². The van der Waals surface area contributed by atoms with Crippen LogP contribution in [0, 0.1) is 11.8 Å². The number of nitrogens with zero attached hydrogens (tertiary/aromatic N) is 3.